The van der Waals surface area contributed by atoms with Crippen molar-refractivity contribution in [2.75, 3.05) is 11.6 Å². The second kappa shape index (κ2) is 7.45. The molecule has 0 aliphatic heterocycles. The average molecular weight is 371 g/mol. The monoisotopic (exact) mass is 371 g/mol. The summed E-state index contributed by atoms with van der Waals surface area (Å²) in [6, 6.07) is 14.1. The molecule has 0 atom stereocenters. The zero-order valence-corrected chi connectivity index (χ0v) is 14.8. The van der Waals surface area contributed by atoms with Gasteiger partial charge in [-0.3, -0.25) is 20.2 Å². The first-order valence-electron chi connectivity index (χ1n) is 7.23. The number of hydrogen-bond donors (Lipinski definition) is 1. The van der Waals surface area contributed by atoms with Crippen LogP contribution in [0.5, 0.6) is 0 Å². The van der Waals surface area contributed by atoms with Crippen LogP contribution in [0.15, 0.2) is 58.8 Å². The number of hydrogen-bond acceptors (Lipinski definition) is 6. The van der Waals surface area contributed by atoms with Crippen LogP contribution in [0.2, 0.25) is 0 Å². The number of nitrogens with one attached hydrogen (secondary N) is 1. The van der Waals surface area contributed by atoms with Crippen LogP contribution in [0.3, 0.4) is 0 Å². The molecule has 0 spiro atoms. The molecule has 6 nitrogen and oxygen atoms in total. The van der Waals surface area contributed by atoms with Crippen LogP contribution < -0.4 is 5.32 Å². The number of nitrogens with zero attached hydrogens (tertiary/aromatic N) is 2. The third-order valence-corrected chi connectivity index (χ3v) is 4.97. The maximum Gasteiger partial charge on any atom is 0.283 e. The van der Waals surface area contributed by atoms with Gasteiger partial charge in [0.05, 0.1) is 15.5 Å². The summed E-state index contributed by atoms with van der Waals surface area (Å²) in [5.41, 5.74) is 1.87. The van der Waals surface area contributed by atoms with Gasteiger partial charge in [0.1, 0.15) is 0 Å². The van der Waals surface area contributed by atoms with Gasteiger partial charge < -0.3 is 0 Å². The predicted octanol–water partition coefficient (Wildman–Crippen LogP) is 4.69. The van der Waals surface area contributed by atoms with Crippen molar-refractivity contribution in [1.29, 1.82) is 0 Å². The highest BCUT2D eigenvalue weighted by Gasteiger charge is 2.18. The Morgan fingerprint density at radius 1 is 1.24 bits per heavy atom. The van der Waals surface area contributed by atoms with E-state index >= 15 is 0 Å². The highest BCUT2D eigenvalue weighted by molar-refractivity contribution is 7.98. The van der Waals surface area contributed by atoms with Gasteiger partial charge in [-0.2, -0.15) is 0 Å². The standard InChI is InChI=1S/C17H13N3O3S2/c1-24-15-8-7-12(9-14(15)20(22)23)16(21)19-17-18-13(10-25-17)11-5-3-2-4-6-11/h2-10H,1H3,(H,18,19,21). The van der Waals surface area contributed by atoms with Gasteiger partial charge in [-0.25, -0.2) is 4.98 Å². The van der Waals surface area contributed by atoms with Gasteiger partial charge >= 0.3 is 0 Å². The van der Waals surface area contributed by atoms with Gasteiger partial charge in [-0.15, -0.1) is 23.1 Å². The van der Waals surface area contributed by atoms with Crippen LogP contribution >= 0.6 is 23.1 Å². The van der Waals surface area contributed by atoms with Gasteiger partial charge in [-0.1, -0.05) is 30.3 Å². The van der Waals surface area contributed by atoms with E-state index in [1.165, 1.54) is 29.2 Å². The number of nitro benzene ring substituents is 1. The van der Waals surface area contributed by atoms with Crippen LogP contribution in [0.1, 0.15) is 10.4 Å². The first-order valence-corrected chi connectivity index (χ1v) is 9.33. The Bertz CT molecular complexity index is 926. The fourth-order valence-corrected chi connectivity index (χ4v) is 3.48. The molecule has 8 heteroatoms. The summed E-state index contributed by atoms with van der Waals surface area (Å²) in [6.45, 7) is 0. The maximum atomic E-state index is 12.4. The normalized spacial score (nSPS) is 10.4. The summed E-state index contributed by atoms with van der Waals surface area (Å²) >= 11 is 2.57. The Hall–Kier alpha value is -2.71. The molecule has 25 heavy (non-hydrogen) atoms. The fraction of sp³-hybridized carbons (Fsp3) is 0.0588. The van der Waals surface area contributed by atoms with Crippen LogP contribution in [0.25, 0.3) is 11.3 Å². The number of carbonyl (C=O) groups excluding carboxylic acids is 1. The molecule has 0 fully saturated rings. The number of nitro groups is 1. The van der Waals surface area contributed by atoms with Gasteiger partial charge in [0.15, 0.2) is 5.13 Å². The van der Waals surface area contributed by atoms with Crippen LogP contribution in [-0.4, -0.2) is 22.1 Å². The summed E-state index contributed by atoms with van der Waals surface area (Å²) < 4.78 is 0. The molecule has 1 amide bonds. The van der Waals surface area contributed by atoms with E-state index in [2.05, 4.69) is 10.3 Å². The molecule has 1 N–H and O–H groups in total. The number of carbonyl (C=O) groups is 1. The lowest BCUT2D eigenvalue weighted by Gasteiger charge is -2.04. The van der Waals surface area contributed by atoms with Crippen molar-refractivity contribution in [2.45, 2.75) is 4.90 Å². The Morgan fingerprint density at radius 2 is 2.00 bits per heavy atom. The van der Waals surface area contributed by atoms with Crippen molar-refractivity contribution < 1.29 is 9.72 Å². The van der Waals surface area contributed by atoms with Gasteiger partial charge in [0.2, 0.25) is 0 Å². The Labute approximate surface area is 152 Å². The number of thiazole rings is 1. The van der Waals surface area contributed by atoms with E-state index in [1.807, 2.05) is 35.7 Å². The molecular formula is C17H13N3O3S2. The Balaban J connectivity index is 1.80. The third kappa shape index (κ3) is 3.86. The van der Waals surface area contributed by atoms with Gasteiger partial charge in [0, 0.05) is 22.6 Å². The number of rotatable bonds is 5. The van der Waals surface area contributed by atoms with E-state index in [9.17, 15) is 14.9 Å². The van der Waals surface area contributed by atoms with E-state index < -0.39 is 10.8 Å². The minimum atomic E-state index is -0.487. The van der Waals surface area contributed by atoms with E-state index in [0.717, 1.165) is 11.3 Å². The lowest BCUT2D eigenvalue weighted by molar-refractivity contribution is -0.387. The molecule has 0 saturated heterocycles. The smallest absolute Gasteiger partial charge is 0.283 e. The summed E-state index contributed by atoms with van der Waals surface area (Å²) in [4.78, 5) is 27.9. The molecule has 3 aromatic rings. The molecule has 0 bridgehead atoms. The van der Waals surface area contributed by atoms with Crippen LogP contribution in [0.4, 0.5) is 10.8 Å². The summed E-state index contributed by atoms with van der Waals surface area (Å²) in [5, 5.41) is 16.1. The number of anilines is 1. The van der Waals surface area contributed by atoms with Crippen molar-refractivity contribution in [2.24, 2.45) is 0 Å². The van der Waals surface area contributed by atoms with Crippen molar-refractivity contribution >= 4 is 39.8 Å². The molecule has 2 aromatic carbocycles. The van der Waals surface area contributed by atoms with E-state index in [4.69, 9.17) is 0 Å². The topological polar surface area (TPSA) is 85.1 Å². The zero-order chi connectivity index (χ0) is 17.8. The highest BCUT2D eigenvalue weighted by atomic mass is 32.2. The Morgan fingerprint density at radius 3 is 2.68 bits per heavy atom. The molecule has 126 valence electrons. The van der Waals surface area contributed by atoms with Crippen LogP contribution in [0, 0.1) is 10.1 Å². The second-order valence-electron chi connectivity index (χ2n) is 5.00. The van der Waals surface area contributed by atoms with Gasteiger partial charge in [-0.05, 0) is 18.4 Å². The number of thioether (sulfide) groups is 1. The quantitative estimate of drug-likeness (QED) is 0.399. The summed E-state index contributed by atoms with van der Waals surface area (Å²) in [6.07, 6.45) is 1.75. The first-order chi connectivity index (χ1) is 12.1. The molecule has 1 heterocycles. The predicted molar refractivity (Wildman–Crippen MR) is 100 cm³/mol. The van der Waals surface area contributed by atoms with E-state index in [-0.39, 0.29) is 11.3 Å². The molecule has 0 radical (unpaired) electrons. The van der Waals surface area contributed by atoms with Crippen molar-refractivity contribution in [3.8, 4) is 11.3 Å². The van der Waals surface area contributed by atoms with Crippen LogP contribution in [-0.2, 0) is 0 Å². The van der Waals surface area contributed by atoms with Crippen molar-refractivity contribution in [3.05, 3.63) is 69.6 Å². The largest absolute Gasteiger partial charge is 0.298 e. The molecule has 1 aromatic heterocycles. The van der Waals surface area contributed by atoms with E-state index in [0.29, 0.717) is 10.0 Å². The Kier molecular flexibility index (Phi) is 5.11. The number of aromatic nitrogens is 1. The van der Waals surface area contributed by atoms with E-state index in [1.54, 1.807) is 18.4 Å². The lowest BCUT2D eigenvalue weighted by atomic mass is 10.2. The minimum absolute atomic E-state index is 0.0794. The summed E-state index contributed by atoms with van der Waals surface area (Å²) in [5.74, 6) is -0.426. The van der Waals surface area contributed by atoms with Gasteiger partial charge in [0.25, 0.3) is 11.6 Å². The second-order valence-corrected chi connectivity index (χ2v) is 6.71. The molecule has 0 unspecified atom stereocenters. The van der Waals surface area contributed by atoms with Crippen molar-refractivity contribution in [1.82, 2.24) is 4.98 Å². The molecule has 0 aliphatic rings. The number of benzene rings is 2. The molecule has 0 aliphatic carbocycles. The average Bonchev–Trinajstić information content (AvgIpc) is 3.10. The van der Waals surface area contributed by atoms with Crippen molar-refractivity contribution in [3.63, 3.8) is 0 Å². The maximum absolute atomic E-state index is 12.4. The summed E-state index contributed by atoms with van der Waals surface area (Å²) in [7, 11) is 0. The zero-order valence-electron chi connectivity index (χ0n) is 13.1. The fourth-order valence-electron chi connectivity index (χ4n) is 2.22. The molecule has 0 saturated carbocycles. The highest BCUT2D eigenvalue weighted by Crippen LogP contribution is 2.29. The third-order valence-electron chi connectivity index (χ3n) is 3.43. The molecule has 3 rings (SSSR count). The molecular weight excluding hydrogens is 358 g/mol. The lowest BCUT2D eigenvalue weighted by Crippen LogP contribution is -2.12. The SMILES string of the molecule is CSc1ccc(C(=O)Nc2nc(-c3ccccc3)cs2)cc1[N+](=O)[O-]. The number of amides is 1. The first kappa shape index (κ1) is 17.1. The minimum Gasteiger partial charge on any atom is -0.298 e.